The zero-order valence-electron chi connectivity index (χ0n) is 13.8. The Kier molecular flexibility index (Phi) is 5.85. The van der Waals surface area contributed by atoms with Crippen molar-refractivity contribution in [3.63, 3.8) is 0 Å². The number of nitrogens with zero attached hydrogens (tertiary/aromatic N) is 1. The van der Waals surface area contributed by atoms with Crippen LogP contribution in [0.1, 0.15) is 23.2 Å². The van der Waals surface area contributed by atoms with Gasteiger partial charge in [-0.2, -0.15) is 0 Å². The van der Waals surface area contributed by atoms with Crippen molar-refractivity contribution in [3.8, 4) is 0 Å². The number of hydrogen-bond donors (Lipinski definition) is 1. The Balaban J connectivity index is 1.84. The molecule has 0 spiro atoms. The topological polar surface area (TPSA) is 81.5 Å². The lowest BCUT2D eigenvalue weighted by atomic mass is 10.1. The fourth-order valence-corrected chi connectivity index (χ4v) is 3.60. The molecule has 0 aromatic heterocycles. The Morgan fingerprint density at radius 2 is 2.12 bits per heavy atom. The third-order valence-corrected chi connectivity index (χ3v) is 5.12. The highest BCUT2D eigenvalue weighted by Gasteiger charge is 2.21. The zero-order chi connectivity index (χ0) is 18.5. The monoisotopic (exact) mass is 376 g/mol. The lowest BCUT2D eigenvalue weighted by Crippen LogP contribution is -2.32. The van der Waals surface area contributed by atoms with E-state index in [9.17, 15) is 19.3 Å². The summed E-state index contributed by atoms with van der Waals surface area (Å²) in [6.07, 6.45) is 1.78. The number of benzene rings is 2. The molecule has 8 heteroatoms. The maximum atomic E-state index is 13.9. The van der Waals surface area contributed by atoms with Crippen LogP contribution in [0.2, 0.25) is 0 Å². The molecule has 0 aliphatic carbocycles. The first-order valence-electron chi connectivity index (χ1n) is 8.15. The van der Waals surface area contributed by atoms with E-state index in [0.717, 1.165) is 24.6 Å². The van der Waals surface area contributed by atoms with Gasteiger partial charge >= 0.3 is 0 Å². The van der Waals surface area contributed by atoms with E-state index in [1.807, 2.05) is 0 Å². The van der Waals surface area contributed by atoms with Gasteiger partial charge in [0.05, 0.1) is 16.6 Å². The molecule has 3 rings (SSSR count). The molecule has 0 radical (unpaired) electrons. The molecular formula is C18H17FN2O4S. The molecule has 0 bridgehead atoms. The first-order valence-corrected chi connectivity index (χ1v) is 8.97. The number of nitro benzene ring substituents is 1. The average Bonchev–Trinajstić information content (AvgIpc) is 3.15. The number of carbonyl (C=O) groups excluding carboxylic acids is 1. The van der Waals surface area contributed by atoms with Crippen molar-refractivity contribution < 1.29 is 18.8 Å². The quantitative estimate of drug-likeness (QED) is 0.613. The molecule has 1 aliphatic heterocycles. The van der Waals surface area contributed by atoms with Crippen molar-refractivity contribution >= 4 is 23.4 Å². The van der Waals surface area contributed by atoms with Crippen molar-refractivity contribution in [2.75, 3.05) is 13.2 Å². The summed E-state index contributed by atoms with van der Waals surface area (Å²) < 4.78 is 19.4. The molecule has 1 atom stereocenters. The van der Waals surface area contributed by atoms with Crippen LogP contribution in [-0.2, 0) is 4.74 Å². The Morgan fingerprint density at radius 3 is 2.81 bits per heavy atom. The van der Waals surface area contributed by atoms with E-state index in [-0.39, 0.29) is 17.4 Å². The SMILES string of the molecule is O=C(NCC1CCCO1)c1cc([N+](=O)[O-])ccc1Sc1ccccc1F. The minimum absolute atomic E-state index is 0.0414. The molecule has 1 unspecified atom stereocenters. The predicted octanol–water partition coefficient (Wildman–Crippen LogP) is 3.79. The van der Waals surface area contributed by atoms with Crippen molar-refractivity contribution in [2.45, 2.75) is 28.7 Å². The van der Waals surface area contributed by atoms with Gasteiger partial charge in [0.15, 0.2) is 0 Å². The van der Waals surface area contributed by atoms with Crippen molar-refractivity contribution in [3.05, 3.63) is 64.0 Å². The van der Waals surface area contributed by atoms with E-state index in [0.29, 0.717) is 22.9 Å². The molecule has 2 aromatic rings. The van der Waals surface area contributed by atoms with Crippen LogP contribution in [0.3, 0.4) is 0 Å². The van der Waals surface area contributed by atoms with Gasteiger partial charge in [-0.15, -0.1) is 0 Å². The number of non-ortho nitro benzene ring substituents is 1. The summed E-state index contributed by atoms with van der Waals surface area (Å²) in [6, 6.07) is 10.2. The van der Waals surface area contributed by atoms with Gasteiger partial charge in [-0.25, -0.2) is 4.39 Å². The van der Waals surface area contributed by atoms with E-state index >= 15 is 0 Å². The summed E-state index contributed by atoms with van der Waals surface area (Å²) in [4.78, 5) is 23.9. The van der Waals surface area contributed by atoms with Gasteiger partial charge < -0.3 is 10.1 Å². The van der Waals surface area contributed by atoms with Gasteiger partial charge in [-0.1, -0.05) is 23.9 Å². The maximum Gasteiger partial charge on any atom is 0.270 e. The molecule has 26 heavy (non-hydrogen) atoms. The van der Waals surface area contributed by atoms with Crippen LogP contribution < -0.4 is 5.32 Å². The van der Waals surface area contributed by atoms with Crippen molar-refractivity contribution in [1.82, 2.24) is 5.32 Å². The van der Waals surface area contributed by atoms with Crippen LogP contribution in [0, 0.1) is 15.9 Å². The number of carbonyl (C=O) groups is 1. The summed E-state index contributed by atoms with van der Waals surface area (Å²) in [5.74, 6) is -0.857. The number of nitro groups is 1. The number of ether oxygens (including phenoxy) is 1. The predicted molar refractivity (Wildman–Crippen MR) is 94.9 cm³/mol. The van der Waals surface area contributed by atoms with Crippen LogP contribution in [-0.4, -0.2) is 30.1 Å². The fourth-order valence-electron chi connectivity index (χ4n) is 2.65. The molecule has 2 aromatic carbocycles. The minimum atomic E-state index is -0.561. The molecule has 0 saturated carbocycles. The summed E-state index contributed by atoms with van der Waals surface area (Å²) in [6.45, 7) is 1.01. The second-order valence-electron chi connectivity index (χ2n) is 5.82. The van der Waals surface area contributed by atoms with Crippen LogP contribution in [0.4, 0.5) is 10.1 Å². The highest BCUT2D eigenvalue weighted by Crippen LogP contribution is 2.34. The third-order valence-electron chi connectivity index (χ3n) is 3.99. The number of nitrogens with one attached hydrogen (secondary N) is 1. The van der Waals surface area contributed by atoms with Gasteiger partial charge in [0.1, 0.15) is 5.82 Å². The first kappa shape index (κ1) is 18.3. The highest BCUT2D eigenvalue weighted by atomic mass is 32.2. The number of halogens is 1. The second-order valence-corrected chi connectivity index (χ2v) is 6.90. The number of amides is 1. The summed E-state index contributed by atoms with van der Waals surface area (Å²) in [5.41, 5.74) is -0.0457. The first-order chi connectivity index (χ1) is 12.5. The summed E-state index contributed by atoms with van der Waals surface area (Å²) in [5, 5.41) is 13.8. The van der Waals surface area contributed by atoms with Crippen LogP contribution >= 0.6 is 11.8 Å². The molecule has 1 saturated heterocycles. The summed E-state index contributed by atoms with van der Waals surface area (Å²) >= 11 is 1.06. The molecular weight excluding hydrogens is 359 g/mol. The smallest absolute Gasteiger partial charge is 0.270 e. The Bertz CT molecular complexity index is 825. The van der Waals surface area contributed by atoms with Gasteiger partial charge in [-0.3, -0.25) is 14.9 Å². The average molecular weight is 376 g/mol. The standard InChI is InChI=1S/C18H17FN2O4S/c19-15-5-1-2-6-17(15)26-16-8-7-12(21(23)24)10-14(16)18(22)20-11-13-4-3-9-25-13/h1-2,5-8,10,13H,3-4,9,11H2,(H,20,22). The fraction of sp³-hybridized carbons (Fsp3) is 0.278. The molecule has 1 aliphatic rings. The van der Waals surface area contributed by atoms with E-state index in [1.54, 1.807) is 18.2 Å². The lowest BCUT2D eigenvalue weighted by Gasteiger charge is -2.13. The van der Waals surface area contributed by atoms with Crippen LogP contribution in [0.15, 0.2) is 52.3 Å². The largest absolute Gasteiger partial charge is 0.376 e. The normalized spacial score (nSPS) is 16.4. The molecule has 1 amide bonds. The van der Waals surface area contributed by atoms with Gasteiger partial charge in [0, 0.05) is 35.1 Å². The van der Waals surface area contributed by atoms with E-state index in [4.69, 9.17) is 4.74 Å². The molecule has 1 fully saturated rings. The third kappa shape index (κ3) is 4.39. The highest BCUT2D eigenvalue weighted by molar-refractivity contribution is 7.99. The number of rotatable bonds is 6. The van der Waals surface area contributed by atoms with E-state index in [2.05, 4.69) is 5.32 Å². The minimum Gasteiger partial charge on any atom is -0.376 e. The van der Waals surface area contributed by atoms with Crippen molar-refractivity contribution in [2.24, 2.45) is 0 Å². The van der Waals surface area contributed by atoms with E-state index < -0.39 is 16.6 Å². The van der Waals surface area contributed by atoms with Gasteiger partial charge in [-0.05, 0) is 31.0 Å². The Labute approximate surface area is 153 Å². The Hall–Kier alpha value is -2.45. The summed E-state index contributed by atoms with van der Waals surface area (Å²) in [7, 11) is 0. The Morgan fingerprint density at radius 1 is 1.31 bits per heavy atom. The van der Waals surface area contributed by atoms with E-state index in [1.165, 1.54) is 24.3 Å². The zero-order valence-corrected chi connectivity index (χ0v) is 14.6. The van der Waals surface area contributed by atoms with Crippen LogP contribution in [0.5, 0.6) is 0 Å². The molecule has 1 heterocycles. The molecule has 6 nitrogen and oxygen atoms in total. The van der Waals surface area contributed by atoms with Gasteiger partial charge in [0.25, 0.3) is 11.6 Å². The lowest BCUT2D eigenvalue weighted by molar-refractivity contribution is -0.384. The van der Waals surface area contributed by atoms with Crippen molar-refractivity contribution in [1.29, 1.82) is 0 Å². The van der Waals surface area contributed by atoms with Gasteiger partial charge in [0.2, 0.25) is 0 Å². The number of hydrogen-bond acceptors (Lipinski definition) is 5. The maximum absolute atomic E-state index is 13.9. The van der Waals surface area contributed by atoms with Crippen LogP contribution in [0.25, 0.3) is 0 Å². The second kappa shape index (κ2) is 8.29. The molecule has 136 valence electrons. The molecule has 1 N–H and O–H groups in total.